The van der Waals surface area contributed by atoms with Gasteiger partial charge in [0.25, 0.3) is 0 Å². The number of hydrogen-bond acceptors (Lipinski definition) is 4. The van der Waals surface area contributed by atoms with Crippen molar-refractivity contribution in [3.63, 3.8) is 0 Å². The lowest BCUT2D eigenvalue weighted by Crippen LogP contribution is -2.22. The Bertz CT molecular complexity index is 728. The quantitative estimate of drug-likeness (QED) is 0.910. The van der Waals surface area contributed by atoms with E-state index in [2.05, 4.69) is 24.5 Å². The fourth-order valence-corrected chi connectivity index (χ4v) is 2.36. The molecule has 0 radical (unpaired) electrons. The van der Waals surface area contributed by atoms with Crippen LogP contribution in [0.2, 0.25) is 0 Å². The number of benzene rings is 2. The van der Waals surface area contributed by atoms with Gasteiger partial charge >= 0.3 is 0 Å². The van der Waals surface area contributed by atoms with Crippen molar-refractivity contribution in [3.05, 3.63) is 47.5 Å². The van der Waals surface area contributed by atoms with Crippen molar-refractivity contribution in [2.75, 3.05) is 30.4 Å². The maximum Gasteiger partial charge on any atom is 0.243 e. The first-order valence-corrected chi connectivity index (χ1v) is 7.62. The van der Waals surface area contributed by atoms with E-state index in [1.165, 1.54) is 11.1 Å². The lowest BCUT2D eigenvalue weighted by atomic mass is 10.1. The highest BCUT2D eigenvalue weighted by molar-refractivity contribution is 5.94. The summed E-state index contributed by atoms with van der Waals surface area (Å²) >= 11 is 0. The Kier molecular flexibility index (Phi) is 4.37. The molecule has 1 aliphatic rings. The van der Waals surface area contributed by atoms with Gasteiger partial charge in [0.2, 0.25) is 5.91 Å². The Morgan fingerprint density at radius 2 is 1.70 bits per heavy atom. The Hall–Kier alpha value is -2.69. The average molecular weight is 312 g/mol. The lowest BCUT2D eigenvalue weighted by Gasteiger charge is -2.19. The van der Waals surface area contributed by atoms with Crippen LogP contribution in [0.3, 0.4) is 0 Å². The van der Waals surface area contributed by atoms with Crippen molar-refractivity contribution >= 4 is 17.3 Å². The summed E-state index contributed by atoms with van der Waals surface area (Å²) in [6, 6.07) is 11.4. The molecule has 0 aliphatic carbocycles. The van der Waals surface area contributed by atoms with Crippen LogP contribution in [-0.4, -0.2) is 25.7 Å². The number of ether oxygens (including phenoxy) is 2. The molecule has 2 N–H and O–H groups in total. The molecule has 1 aliphatic heterocycles. The van der Waals surface area contributed by atoms with Crippen LogP contribution in [0.25, 0.3) is 0 Å². The van der Waals surface area contributed by atoms with E-state index in [1.54, 1.807) is 18.2 Å². The summed E-state index contributed by atoms with van der Waals surface area (Å²) in [5.74, 6) is 1.26. The number of nitrogens with one attached hydrogen (secondary N) is 2. The summed E-state index contributed by atoms with van der Waals surface area (Å²) in [6.45, 7) is 5.40. The van der Waals surface area contributed by atoms with Gasteiger partial charge in [-0.15, -0.1) is 0 Å². The number of anilines is 2. The van der Waals surface area contributed by atoms with Crippen LogP contribution in [0, 0.1) is 13.8 Å². The van der Waals surface area contributed by atoms with Crippen LogP contribution < -0.4 is 20.1 Å². The number of fused-ring (bicyclic) bond motifs is 1. The number of amides is 1. The minimum Gasteiger partial charge on any atom is -0.486 e. The van der Waals surface area contributed by atoms with Gasteiger partial charge in [0.15, 0.2) is 11.5 Å². The summed E-state index contributed by atoms with van der Waals surface area (Å²) in [6.07, 6.45) is 0. The predicted octanol–water partition coefficient (Wildman–Crippen LogP) is 3.13. The molecule has 0 aromatic heterocycles. The van der Waals surface area contributed by atoms with Crippen molar-refractivity contribution < 1.29 is 14.3 Å². The molecule has 120 valence electrons. The van der Waals surface area contributed by atoms with E-state index in [0.29, 0.717) is 30.4 Å². The third-order valence-corrected chi connectivity index (χ3v) is 3.79. The maximum atomic E-state index is 12.1. The molecular weight excluding hydrogens is 292 g/mol. The number of rotatable bonds is 4. The second-order valence-electron chi connectivity index (χ2n) is 5.56. The van der Waals surface area contributed by atoms with Crippen molar-refractivity contribution in [2.24, 2.45) is 0 Å². The Morgan fingerprint density at radius 3 is 2.48 bits per heavy atom. The highest BCUT2D eigenvalue weighted by Crippen LogP contribution is 2.32. The van der Waals surface area contributed by atoms with E-state index in [0.717, 1.165) is 5.69 Å². The minimum absolute atomic E-state index is 0.111. The molecule has 5 nitrogen and oxygen atoms in total. The topological polar surface area (TPSA) is 59.6 Å². The van der Waals surface area contributed by atoms with E-state index in [1.807, 2.05) is 18.2 Å². The SMILES string of the molecule is Cc1ccc(NCC(=O)Nc2ccc3c(c2)OCCO3)cc1C. The molecular formula is C18H20N2O3. The van der Waals surface area contributed by atoms with Crippen LogP contribution in [0.5, 0.6) is 11.5 Å². The van der Waals surface area contributed by atoms with Gasteiger partial charge in [-0.2, -0.15) is 0 Å². The first kappa shape index (κ1) is 15.2. The van der Waals surface area contributed by atoms with Crippen LogP contribution >= 0.6 is 0 Å². The van der Waals surface area contributed by atoms with E-state index < -0.39 is 0 Å². The molecule has 1 amide bonds. The molecule has 0 spiro atoms. The third-order valence-electron chi connectivity index (χ3n) is 3.79. The number of carbonyl (C=O) groups is 1. The van der Waals surface area contributed by atoms with Gasteiger partial charge in [-0.1, -0.05) is 6.07 Å². The van der Waals surface area contributed by atoms with Crippen LogP contribution in [0.4, 0.5) is 11.4 Å². The van der Waals surface area contributed by atoms with E-state index >= 15 is 0 Å². The average Bonchev–Trinajstić information content (AvgIpc) is 2.56. The van der Waals surface area contributed by atoms with Gasteiger partial charge < -0.3 is 20.1 Å². The third kappa shape index (κ3) is 3.74. The zero-order valence-corrected chi connectivity index (χ0v) is 13.3. The Morgan fingerprint density at radius 1 is 0.957 bits per heavy atom. The van der Waals surface area contributed by atoms with Gasteiger partial charge in [-0.05, 0) is 49.2 Å². The highest BCUT2D eigenvalue weighted by atomic mass is 16.6. The largest absolute Gasteiger partial charge is 0.486 e. The number of hydrogen-bond donors (Lipinski definition) is 2. The summed E-state index contributed by atoms with van der Waals surface area (Å²) < 4.78 is 11.0. The zero-order chi connectivity index (χ0) is 16.2. The van der Waals surface area contributed by atoms with Gasteiger partial charge in [-0.25, -0.2) is 0 Å². The molecule has 2 aromatic rings. The fourth-order valence-electron chi connectivity index (χ4n) is 2.36. The first-order valence-electron chi connectivity index (χ1n) is 7.62. The first-order chi connectivity index (χ1) is 11.1. The van der Waals surface area contributed by atoms with Crippen molar-refractivity contribution in [3.8, 4) is 11.5 Å². The van der Waals surface area contributed by atoms with E-state index in [-0.39, 0.29) is 12.5 Å². The van der Waals surface area contributed by atoms with Crippen LogP contribution in [0.15, 0.2) is 36.4 Å². The summed E-state index contributed by atoms with van der Waals surface area (Å²) in [7, 11) is 0. The van der Waals surface area contributed by atoms with Gasteiger partial charge in [0, 0.05) is 17.4 Å². The maximum absolute atomic E-state index is 12.1. The Balaban J connectivity index is 1.57. The highest BCUT2D eigenvalue weighted by Gasteiger charge is 2.12. The van der Waals surface area contributed by atoms with E-state index in [9.17, 15) is 4.79 Å². The predicted molar refractivity (Wildman–Crippen MR) is 90.5 cm³/mol. The molecule has 23 heavy (non-hydrogen) atoms. The normalized spacial score (nSPS) is 12.6. The molecule has 0 saturated heterocycles. The molecule has 0 saturated carbocycles. The molecule has 5 heteroatoms. The van der Waals surface area contributed by atoms with Crippen LogP contribution in [-0.2, 0) is 4.79 Å². The monoisotopic (exact) mass is 312 g/mol. The standard InChI is InChI=1S/C18H20N2O3/c1-12-3-4-14(9-13(12)2)19-11-18(21)20-15-5-6-16-17(10-15)23-8-7-22-16/h3-6,9-10,19H,7-8,11H2,1-2H3,(H,20,21). The van der Waals surface area contributed by atoms with Crippen LogP contribution in [0.1, 0.15) is 11.1 Å². The molecule has 0 unspecified atom stereocenters. The lowest BCUT2D eigenvalue weighted by molar-refractivity contribution is -0.114. The number of carbonyl (C=O) groups excluding carboxylic acids is 1. The second kappa shape index (κ2) is 6.60. The summed E-state index contributed by atoms with van der Waals surface area (Å²) in [5, 5.41) is 5.98. The second-order valence-corrected chi connectivity index (χ2v) is 5.56. The van der Waals surface area contributed by atoms with Gasteiger partial charge in [0.1, 0.15) is 13.2 Å². The van der Waals surface area contributed by atoms with Crippen molar-refractivity contribution in [2.45, 2.75) is 13.8 Å². The van der Waals surface area contributed by atoms with Gasteiger partial charge in [-0.3, -0.25) is 4.79 Å². The molecule has 0 atom stereocenters. The summed E-state index contributed by atoms with van der Waals surface area (Å²) in [4.78, 5) is 12.1. The Labute approximate surface area is 135 Å². The van der Waals surface area contributed by atoms with Crippen molar-refractivity contribution in [1.29, 1.82) is 0 Å². The van der Waals surface area contributed by atoms with Gasteiger partial charge in [0.05, 0.1) is 6.54 Å². The minimum atomic E-state index is -0.111. The van der Waals surface area contributed by atoms with E-state index in [4.69, 9.17) is 9.47 Å². The molecule has 0 fully saturated rings. The smallest absolute Gasteiger partial charge is 0.243 e. The molecule has 1 heterocycles. The molecule has 2 aromatic carbocycles. The molecule has 0 bridgehead atoms. The number of aryl methyl sites for hydroxylation is 2. The molecule has 3 rings (SSSR count). The van der Waals surface area contributed by atoms with Crippen molar-refractivity contribution in [1.82, 2.24) is 0 Å². The summed E-state index contributed by atoms with van der Waals surface area (Å²) in [5.41, 5.74) is 4.06. The fraction of sp³-hybridized carbons (Fsp3) is 0.278. The zero-order valence-electron chi connectivity index (χ0n) is 13.3.